The number of aryl methyl sites for hydroxylation is 1. The van der Waals surface area contributed by atoms with E-state index in [-0.39, 0.29) is 5.91 Å². The molecule has 4 heteroatoms. The van der Waals surface area contributed by atoms with E-state index in [0.717, 1.165) is 16.9 Å². The summed E-state index contributed by atoms with van der Waals surface area (Å²) in [6, 6.07) is 5.80. The van der Waals surface area contributed by atoms with E-state index in [4.69, 9.17) is 9.84 Å². The topological polar surface area (TPSA) is 49.8 Å². The number of hydrogen-bond acceptors (Lipinski definition) is 3. The first kappa shape index (κ1) is 12.5. The van der Waals surface area contributed by atoms with E-state index in [1.165, 1.54) is 4.90 Å². The molecule has 0 unspecified atom stereocenters. The molecule has 0 aliphatic heterocycles. The minimum atomic E-state index is -0.468. The fourth-order valence-corrected chi connectivity index (χ4v) is 1.50. The number of nitrogens with zero attached hydrogens (tertiary/aromatic N) is 1. The molecule has 88 valence electrons. The Hall–Kier alpha value is -1.55. The molecule has 0 saturated heterocycles. The predicted molar refractivity (Wildman–Crippen MR) is 61.3 cm³/mol. The Kier molecular flexibility index (Phi) is 4.31. The van der Waals surface area contributed by atoms with E-state index >= 15 is 0 Å². The van der Waals surface area contributed by atoms with Crippen molar-refractivity contribution in [3.63, 3.8) is 0 Å². The lowest BCUT2D eigenvalue weighted by Crippen LogP contribution is -2.28. The Morgan fingerprint density at radius 3 is 2.75 bits per heavy atom. The van der Waals surface area contributed by atoms with Crippen molar-refractivity contribution in [2.45, 2.75) is 13.5 Å². The zero-order valence-electron chi connectivity index (χ0n) is 9.86. The van der Waals surface area contributed by atoms with E-state index in [9.17, 15) is 4.79 Å². The standard InChI is InChI=1S/C12H17NO3/c1-9-4-5-11(16-3)10(6-9)7-13(2)12(15)8-14/h4-6,14H,7-8H2,1-3H3. The predicted octanol–water partition coefficient (Wildman–Crippen LogP) is 0.954. The molecule has 1 rings (SSSR count). The molecule has 0 aliphatic carbocycles. The number of rotatable bonds is 4. The zero-order valence-corrected chi connectivity index (χ0v) is 9.86. The number of aliphatic hydroxyl groups excluding tert-OH is 1. The van der Waals surface area contributed by atoms with Gasteiger partial charge >= 0.3 is 0 Å². The van der Waals surface area contributed by atoms with Crippen molar-refractivity contribution in [1.29, 1.82) is 0 Å². The highest BCUT2D eigenvalue weighted by Gasteiger charge is 2.10. The zero-order chi connectivity index (χ0) is 12.1. The lowest BCUT2D eigenvalue weighted by molar-refractivity contribution is -0.133. The van der Waals surface area contributed by atoms with Crippen LogP contribution >= 0.6 is 0 Å². The van der Waals surface area contributed by atoms with Crippen LogP contribution in [0.25, 0.3) is 0 Å². The van der Waals surface area contributed by atoms with Gasteiger partial charge in [-0.1, -0.05) is 17.7 Å². The summed E-state index contributed by atoms with van der Waals surface area (Å²) in [7, 11) is 3.25. The number of aliphatic hydroxyl groups is 1. The van der Waals surface area contributed by atoms with Gasteiger partial charge < -0.3 is 14.7 Å². The van der Waals surface area contributed by atoms with E-state index in [1.54, 1.807) is 14.2 Å². The van der Waals surface area contributed by atoms with Crippen LogP contribution in [0.1, 0.15) is 11.1 Å². The third-order valence-corrected chi connectivity index (χ3v) is 2.40. The molecule has 0 aliphatic rings. The van der Waals surface area contributed by atoms with Gasteiger partial charge in [0.25, 0.3) is 0 Å². The van der Waals surface area contributed by atoms with Gasteiger partial charge in [-0.05, 0) is 13.0 Å². The highest BCUT2D eigenvalue weighted by atomic mass is 16.5. The Morgan fingerprint density at radius 1 is 1.50 bits per heavy atom. The summed E-state index contributed by atoms with van der Waals surface area (Å²) >= 11 is 0. The van der Waals surface area contributed by atoms with Crippen LogP contribution in [0.4, 0.5) is 0 Å². The molecule has 0 atom stereocenters. The second-order valence-corrected chi connectivity index (χ2v) is 3.72. The van der Waals surface area contributed by atoms with E-state index in [1.807, 2.05) is 25.1 Å². The second kappa shape index (κ2) is 5.51. The average molecular weight is 223 g/mol. The van der Waals surface area contributed by atoms with Gasteiger partial charge in [0.05, 0.1) is 7.11 Å². The van der Waals surface area contributed by atoms with Crippen LogP contribution in [0.5, 0.6) is 5.75 Å². The van der Waals surface area contributed by atoms with E-state index < -0.39 is 6.61 Å². The summed E-state index contributed by atoms with van der Waals surface area (Å²) in [4.78, 5) is 12.7. The van der Waals surface area contributed by atoms with Gasteiger partial charge in [0.2, 0.25) is 5.91 Å². The Morgan fingerprint density at radius 2 is 2.19 bits per heavy atom. The van der Waals surface area contributed by atoms with Gasteiger partial charge in [-0.25, -0.2) is 0 Å². The van der Waals surface area contributed by atoms with Crippen LogP contribution in [0, 0.1) is 6.92 Å². The number of amides is 1. The smallest absolute Gasteiger partial charge is 0.248 e. The number of ether oxygens (including phenoxy) is 1. The number of carbonyl (C=O) groups is 1. The van der Waals surface area contributed by atoms with Crippen LogP contribution in [-0.2, 0) is 11.3 Å². The van der Waals surface area contributed by atoms with Gasteiger partial charge in [-0.15, -0.1) is 0 Å². The molecule has 0 radical (unpaired) electrons. The van der Waals surface area contributed by atoms with Gasteiger partial charge in [0.1, 0.15) is 12.4 Å². The maximum atomic E-state index is 11.2. The largest absolute Gasteiger partial charge is 0.496 e. The number of carbonyl (C=O) groups excluding carboxylic acids is 1. The third kappa shape index (κ3) is 2.97. The lowest BCUT2D eigenvalue weighted by atomic mass is 10.1. The lowest BCUT2D eigenvalue weighted by Gasteiger charge is -2.18. The molecule has 0 spiro atoms. The van der Waals surface area contributed by atoms with Crippen molar-refractivity contribution in [2.24, 2.45) is 0 Å². The summed E-state index contributed by atoms with van der Waals surface area (Å²) in [6.45, 7) is 1.95. The number of hydrogen-bond donors (Lipinski definition) is 1. The molecule has 0 fully saturated rings. The first-order valence-electron chi connectivity index (χ1n) is 5.06. The normalized spacial score (nSPS) is 10.0. The summed E-state index contributed by atoms with van der Waals surface area (Å²) in [6.07, 6.45) is 0. The van der Waals surface area contributed by atoms with Gasteiger partial charge in [0.15, 0.2) is 0 Å². The van der Waals surface area contributed by atoms with E-state index in [0.29, 0.717) is 6.54 Å². The summed E-state index contributed by atoms with van der Waals surface area (Å²) in [5.74, 6) is 0.451. The molecule has 1 amide bonds. The molecule has 4 nitrogen and oxygen atoms in total. The molecular formula is C12H17NO3. The average Bonchev–Trinajstić information content (AvgIpc) is 2.28. The minimum absolute atomic E-state index is 0.302. The molecule has 1 aromatic rings. The van der Waals surface area contributed by atoms with Crippen molar-refractivity contribution >= 4 is 5.91 Å². The van der Waals surface area contributed by atoms with Gasteiger partial charge in [-0.2, -0.15) is 0 Å². The maximum absolute atomic E-state index is 11.2. The van der Waals surface area contributed by atoms with Gasteiger partial charge in [0, 0.05) is 19.2 Å². The Labute approximate surface area is 95.5 Å². The highest BCUT2D eigenvalue weighted by Crippen LogP contribution is 2.20. The number of likely N-dealkylation sites (N-methyl/N-ethyl adjacent to an activating group) is 1. The van der Waals surface area contributed by atoms with Crippen molar-refractivity contribution in [3.05, 3.63) is 29.3 Å². The first-order chi connectivity index (χ1) is 7.58. The highest BCUT2D eigenvalue weighted by molar-refractivity contribution is 5.76. The van der Waals surface area contributed by atoms with Crippen LogP contribution in [0.3, 0.4) is 0 Å². The Bertz CT molecular complexity index is 377. The Balaban J connectivity index is 2.86. The molecule has 1 aromatic carbocycles. The fraction of sp³-hybridized carbons (Fsp3) is 0.417. The van der Waals surface area contributed by atoms with Crippen LogP contribution in [0.15, 0.2) is 18.2 Å². The molecule has 0 heterocycles. The molecule has 16 heavy (non-hydrogen) atoms. The van der Waals surface area contributed by atoms with Crippen LogP contribution < -0.4 is 4.74 Å². The summed E-state index contributed by atoms with van der Waals surface area (Å²) < 4.78 is 5.21. The van der Waals surface area contributed by atoms with E-state index in [2.05, 4.69) is 0 Å². The van der Waals surface area contributed by atoms with Crippen molar-refractivity contribution in [3.8, 4) is 5.75 Å². The summed E-state index contributed by atoms with van der Waals surface area (Å²) in [5, 5.41) is 8.74. The van der Waals surface area contributed by atoms with Crippen LogP contribution in [-0.4, -0.2) is 36.7 Å². The first-order valence-corrected chi connectivity index (χ1v) is 5.06. The van der Waals surface area contributed by atoms with Crippen molar-refractivity contribution in [2.75, 3.05) is 20.8 Å². The maximum Gasteiger partial charge on any atom is 0.248 e. The number of benzene rings is 1. The fourth-order valence-electron chi connectivity index (χ4n) is 1.50. The molecule has 0 bridgehead atoms. The van der Waals surface area contributed by atoms with Crippen LogP contribution in [0.2, 0.25) is 0 Å². The molecule has 1 N–H and O–H groups in total. The quantitative estimate of drug-likeness (QED) is 0.827. The minimum Gasteiger partial charge on any atom is -0.496 e. The molecule has 0 saturated carbocycles. The van der Waals surface area contributed by atoms with Crippen molar-refractivity contribution < 1.29 is 14.6 Å². The third-order valence-electron chi connectivity index (χ3n) is 2.40. The van der Waals surface area contributed by atoms with Gasteiger partial charge in [-0.3, -0.25) is 4.79 Å². The molecule has 0 aromatic heterocycles. The summed E-state index contributed by atoms with van der Waals surface area (Å²) in [5.41, 5.74) is 2.05. The SMILES string of the molecule is COc1ccc(C)cc1CN(C)C(=O)CO. The number of methoxy groups -OCH3 is 1. The monoisotopic (exact) mass is 223 g/mol. The second-order valence-electron chi connectivity index (χ2n) is 3.72. The molecular weight excluding hydrogens is 206 g/mol. The van der Waals surface area contributed by atoms with Crippen molar-refractivity contribution in [1.82, 2.24) is 4.90 Å².